The second kappa shape index (κ2) is 13.0. The Bertz CT molecular complexity index is 542. The SMILES string of the molecule is CCOCCCNC(=NC)NCC1CCN(c2ccccc2OC)C1.I. The molecular formula is C19H33IN4O2. The van der Waals surface area contributed by atoms with Gasteiger partial charge in [0.15, 0.2) is 5.96 Å². The highest BCUT2D eigenvalue weighted by Gasteiger charge is 2.24. The van der Waals surface area contributed by atoms with Gasteiger partial charge in [-0.1, -0.05) is 12.1 Å². The smallest absolute Gasteiger partial charge is 0.190 e. The van der Waals surface area contributed by atoms with E-state index in [-0.39, 0.29) is 24.0 Å². The molecule has 1 unspecified atom stereocenters. The van der Waals surface area contributed by atoms with Gasteiger partial charge in [-0.25, -0.2) is 0 Å². The molecular weight excluding hydrogens is 443 g/mol. The largest absolute Gasteiger partial charge is 0.495 e. The van der Waals surface area contributed by atoms with E-state index < -0.39 is 0 Å². The van der Waals surface area contributed by atoms with Crippen molar-refractivity contribution in [1.82, 2.24) is 10.6 Å². The second-order valence-electron chi connectivity index (χ2n) is 6.20. The first-order valence-electron chi connectivity index (χ1n) is 9.18. The van der Waals surface area contributed by atoms with Crippen LogP contribution >= 0.6 is 24.0 Å². The average Bonchev–Trinajstić information content (AvgIpc) is 3.12. The number of para-hydroxylation sites is 2. The Labute approximate surface area is 174 Å². The average molecular weight is 476 g/mol. The van der Waals surface area contributed by atoms with Gasteiger partial charge in [-0.3, -0.25) is 4.99 Å². The van der Waals surface area contributed by atoms with Crippen LogP contribution in [0.15, 0.2) is 29.3 Å². The molecule has 1 aliphatic rings. The lowest BCUT2D eigenvalue weighted by Crippen LogP contribution is -2.40. The molecule has 0 bridgehead atoms. The number of hydrogen-bond acceptors (Lipinski definition) is 4. The van der Waals surface area contributed by atoms with Crippen molar-refractivity contribution in [2.75, 3.05) is 58.5 Å². The molecule has 0 amide bonds. The van der Waals surface area contributed by atoms with Gasteiger partial charge in [0.25, 0.3) is 0 Å². The molecule has 0 radical (unpaired) electrons. The molecule has 0 aliphatic carbocycles. The van der Waals surface area contributed by atoms with Crippen LogP contribution in [0.1, 0.15) is 19.8 Å². The Balaban J connectivity index is 0.00000338. The zero-order valence-corrected chi connectivity index (χ0v) is 18.5. The normalized spacial score (nSPS) is 17.0. The number of rotatable bonds is 9. The van der Waals surface area contributed by atoms with E-state index >= 15 is 0 Å². The molecule has 1 aliphatic heterocycles. The van der Waals surface area contributed by atoms with Crippen LogP contribution in [-0.4, -0.2) is 59.5 Å². The van der Waals surface area contributed by atoms with E-state index in [1.54, 1.807) is 7.11 Å². The van der Waals surface area contributed by atoms with Gasteiger partial charge in [0.05, 0.1) is 12.8 Å². The van der Waals surface area contributed by atoms with Gasteiger partial charge in [0.1, 0.15) is 5.75 Å². The standard InChI is InChI=1S/C19H32N4O2.HI/c1-4-25-13-7-11-21-19(20-2)22-14-16-10-12-23(15-16)17-8-5-6-9-18(17)24-3;/h5-6,8-9,16H,4,7,10-15H2,1-3H3,(H2,20,21,22);1H. The molecule has 7 heteroatoms. The van der Waals surface area contributed by atoms with Crippen molar-refractivity contribution >= 4 is 35.6 Å². The second-order valence-corrected chi connectivity index (χ2v) is 6.20. The van der Waals surface area contributed by atoms with Crippen molar-refractivity contribution in [3.8, 4) is 5.75 Å². The molecule has 1 heterocycles. The van der Waals surface area contributed by atoms with E-state index in [1.165, 1.54) is 12.1 Å². The van der Waals surface area contributed by atoms with E-state index in [9.17, 15) is 0 Å². The molecule has 26 heavy (non-hydrogen) atoms. The lowest BCUT2D eigenvalue weighted by Gasteiger charge is -2.21. The highest BCUT2D eigenvalue weighted by atomic mass is 127. The Morgan fingerprint density at radius 2 is 2.12 bits per heavy atom. The van der Waals surface area contributed by atoms with Gasteiger partial charge >= 0.3 is 0 Å². The minimum Gasteiger partial charge on any atom is -0.495 e. The number of benzene rings is 1. The van der Waals surface area contributed by atoms with Gasteiger partial charge in [-0.15, -0.1) is 24.0 Å². The van der Waals surface area contributed by atoms with Gasteiger partial charge in [-0.2, -0.15) is 0 Å². The maximum atomic E-state index is 5.48. The van der Waals surface area contributed by atoms with Crippen LogP contribution in [0.2, 0.25) is 0 Å². The topological polar surface area (TPSA) is 58.1 Å². The summed E-state index contributed by atoms with van der Waals surface area (Å²) in [5.41, 5.74) is 1.19. The lowest BCUT2D eigenvalue weighted by molar-refractivity contribution is 0.145. The number of aliphatic imine (C=N–C) groups is 1. The Kier molecular flexibility index (Phi) is 11.4. The van der Waals surface area contributed by atoms with E-state index in [2.05, 4.69) is 32.7 Å². The highest BCUT2D eigenvalue weighted by molar-refractivity contribution is 14.0. The predicted molar refractivity (Wildman–Crippen MR) is 119 cm³/mol. The van der Waals surface area contributed by atoms with Crippen molar-refractivity contribution in [3.05, 3.63) is 24.3 Å². The fourth-order valence-corrected chi connectivity index (χ4v) is 3.10. The third-order valence-corrected chi connectivity index (χ3v) is 4.46. The summed E-state index contributed by atoms with van der Waals surface area (Å²) in [5.74, 6) is 2.42. The summed E-state index contributed by atoms with van der Waals surface area (Å²) in [7, 11) is 3.54. The first-order chi connectivity index (χ1) is 12.3. The number of ether oxygens (including phenoxy) is 2. The van der Waals surface area contributed by atoms with Crippen molar-refractivity contribution in [3.63, 3.8) is 0 Å². The zero-order valence-electron chi connectivity index (χ0n) is 16.2. The first-order valence-corrected chi connectivity index (χ1v) is 9.18. The Morgan fingerprint density at radius 1 is 1.31 bits per heavy atom. The van der Waals surface area contributed by atoms with Gasteiger partial charge in [0.2, 0.25) is 0 Å². The van der Waals surface area contributed by atoms with E-state index in [0.717, 1.165) is 57.5 Å². The van der Waals surface area contributed by atoms with Crippen LogP contribution in [-0.2, 0) is 4.74 Å². The summed E-state index contributed by atoms with van der Waals surface area (Å²) in [6.45, 7) is 7.48. The van der Waals surface area contributed by atoms with Gasteiger partial charge in [-0.05, 0) is 37.8 Å². The summed E-state index contributed by atoms with van der Waals surface area (Å²) in [4.78, 5) is 6.70. The predicted octanol–water partition coefficient (Wildman–Crippen LogP) is 2.73. The molecule has 0 saturated carbocycles. The summed E-state index contributed by atoms with van der Waals surface area (Å²) >= 11 is 0. The number of hydrogen-bond donors (Lipinski definition) is 2. The van der Waals surface area contributed by atoms with Gasteiger partial charge in [0, 0.05) is 46.4 Å². The minimum absolute atomic E-state index is 0. The molecule has 0 spiro atoms. The van der Waals surface area contributed by atoms with Crippen LogP contribution in [0.3, 0.4) is 0 Å². The van der Waals surface area contributed by atoms with Crippen LogP contribution in [0.25, 0.3) is 0 Å². The molecule has 0 aromatic heterocycles. The minimum atomic E-state index is 0. The number of halogens is 1. The molecule has 6 nitrogen and oxygen atoms in total. The quantitative estimate of drug-likeness (QED) is 0.249. The maximum Gasteiger partial charge on any atom is 0.190 e. The fourth-order valence-electron chi connectivity index (χ4n) is 3.10. The molecule has 2 rings (SSSR count). The molecule has 1 saturated heterocycles. The van der Waals surface area contributed by atoms with E-state index in [4.69, 9.17) is 9.47 Å². The van der Waals surface area contributed by atoms with Crippen LogP contribution in [0.4, 0.5) is 5.69 Å². The number of methoxy groups -OCH3 is 1. The molecule has 2 N–H and O–H groups in total. The molecule has 148 valence electrons. The lowest BCUT2D eigenvalue weighted by atomic mass is 10.1. The van der Waals surface area contributed by atoms with Crippen molar-refractivity contribution in [2.45, 2.75) is 19.8 Å². The van der Waals surface area contributed by atoms with Crippen LogP contribution in [0, 0.1) is 5.92 Å². The zero-order chi connectivity index (χ0) is 17.9. The molecule has 1 aromatic carbocycles. The third kappa shape index (κ3) is 7.19. The Hall–Kier alpha value is -1.22. The summed E-state index contributed by atoms with van der Waals surface area (Å²) in [6, 6.07) is 8.23. The Morgan fingerprint density at radius 3 is 2.85 bits per heavy atom. The van der Waals surface area contributed by atoms with Crippen molar-refractivity contribution in [2.24, 2.45) is 10.9 Å². The van der Waals surface area contributed by atoms with E-state index in [1.807, 2.05) is 26.1 Å². The highest BCUT2D eigenvalue weighted by Crippen LogP contribution is 2.31. The monoisotopic (exact) mass is 476 g/mol. The van der Waals surface area contributed by atoms with Gasteiger partial charge < -0.3 is 25.0 Å². The number of guanidine groups is 1. The number of anilines is 1. The molecule has 1 atom stereocenters. The third-order valence-electron chi connectivity index (χ3n) is 4.46. The van der Waals surface area contributed by atoms with Crippen LogP contribution in [0.5, 0.6) is 5.75 Å². The first kappa shape index (κ1) is 22.8. The van der Waals surface area contributed by atoms with Crippen LogP contribution < -0.4 is 20.3 Å². The van der Waals surface area contributed by atoms with E-state index in [0.29, 0.717) is 5.92 Å². The summed E-state index contributed by atoms with van der Waals surface area (Å²) in [6.07, 6.45) is 2.16. The molecule has 1 aromatic rings. The summed E-state index contributed by atoms with van der Waals surface area (Å²) in [5, 5.41) is 6.78. The summed E-state index contributed by atoms with van der Waals surface area (Å²) < 4.78 is 10.8. The van der Waals surface area contributed by atoms with Crippen molar-refractivity contribution in [1.29, 1.82) is 0 Å². The number of nitrogens with zero attached hydrogens (tertiary/aromatic N) is 2. The van der Waals surface area contributed by atoms with Crippen molar-refractivity contribution < 1.29 is 9.47 Å². The molecule has 1 fully saturated rings. The number of nitrogens with one attached hydrogen (secondary N) is 2. The maximum absolute atomic E-state index is 5.48. The fraction of sp³-hybridized carbons (Fsp3) is 0.632.